The van der Waals surface area contributed by atoms with Gasteiger partial charge in [0.05, 0.1) is 15.8 Å². The molecular formula is C12H11N3O3S. The average molecular weight is 277 g/mol. The molecule has 1 unspecified atom stereocenters. The van der Waals surface area contributed by atoms with Crippen molar-refractivity contribution in [1.82, 2.24) is 5.32 Å². The first-order chi connectivity index (χ1) is 9.16. The molecule has 1 N–H and O–H groups in total. The molecule has 1 aliphatic heterocycles. The fourth-order valence-electron chi connectivity index (χ4n) is 1.48. The quantitative estimate of drug-likeness (QED) is 0.522. The zero-order valence-electron chi connectivity index (χ0n) is 9.85. The van der Waals surface area contributed by atoms with Gasteiger partial charge in [-0.25, -0.2) is 0 Å². The first-order valence-electron chi connectivity index (χ1n) is 5.57. The van der Waals surface area contributed by atoms with Gasteiger partial charge in [0.15, 0.2) is 0 Å². The highest BCUT2D eigenvalue weighted by atomic mass is 32.1. The van der Waals surface area contributed by atoms with E-state index in [0.717, 1.165) is 11.3 Å². The number of carbonyl (C=O) groups excluding carboxylic acids is 1. The number of aliphatic imine (C=N–C) groups is 1. The molecule has 0 aromatic carbocycles. The Hall–Kier alpha value is -2.28. The molecule has 98 valence electrons. The van der Waals surface area contributed by atoms with Gasteiger partial charge in [0.2, 0.25) is 0 Å². The number of allylic oxidation sites excluding steroid dienone is 1. The Kier molecular flexibility index (Phi) is 4.19. The van der Waals surface area contributed by atoms with Gasteiger partial charge in [0.25, 0.3) is 5.91 Å². The summed E-state index contributed by atoms with van der Waals surface area (Å²) in [4.78, 5) is 26.3. The Morgan fingerprint density at radius 3 is 3.05 bits per heavy atom. The Morgan fingerprint density at radius 2 is 2.32 bits per heavy atom. The van der Waals surface area contributed by atoms with Crippen molar-refractivity contribution < 1.29 is 9.72 Å². The number of amides is 1. The minimum Gasteiger partial charge on any atom is -0.342 e. The summed E-state index contributed by atoms with van der Waals surface area (Å²) in [6.07, 6.45) is 9.57. The van der Waals surface area contributed by atoms with E-state index in [1.165, 1.54) is 12.1 Å². The van der Waals surface area contributed by atoms with Crippen LogP contribution in [0.25, 0.3) is 0 Å². The van der Waals surface area contributed by atoms with Gasteiger partial charge in [-0.2, -0.15) is 0 Å². The maximum absolute atomic E-state index is 11.9. The lowest BCUT2D eigenvalue weighted by molar-refractivity contribution is -0.380. The van der Waals surface area contributed by atoms with E-state index >= 15 is 0 Å². The van der Waals surface area contributed by atoms with Crippen LogP contribution < -0.4 is 5.32 Å². The Labute approximate surface area is 113 Å². The predicted octanol–water partition coefficient (Wildman–Crippen LogP) is 2.30. The molecule has 0 spiro atoms. The number of hydrogen-bond acceptors (Lipinski definition) is 5. The SMILES string of the molecule is O=C(NC1C=CN=CC/C=C\1)c1ccc([N+](=O)[O-])s1. The van der Waals surface area contributed by atoms with E-state index < -0.39 is 4.92 Å². The number of hydrogen-bond donors (Lipinski definition) is 1. The number of nitro groups is 1. The molecule has 0 saturated carbocycles. The standard InChI is InChI=1S/C12H11N3O3S/c16-12(10-4-5-11(19-10)15(17)18)14-9-3-1-2-7-13-8-6-9/h1,3-9H,2H2,(H,14,16)/b3-1-,8-6?,13-7?. The Morgan fingerprint density at radius 1 is 1.47 bits per heavy atom. The molecule has 19 heavy (non-hydrogen) atoms. The van der Waals surface area contributed by atoms with Crippen LogP contribution in [-0.4, -0.2) is 23.1 Å². The third-order valence-electron chi connectivity index (χ3n) is 2.36. The van der Waals surface area contributed by atoms with Gasteiger partial charge in [-0.3, -0.25) is 19.9 Å². The van der Waals surface area contributed by atoms with E-state index in [-0.39, 0.29) is 17.0 Å². The molecule has 0 radical (unpaired) electrons. The van der Waals surface area contributed by atoms with Gasteiger partial charge in [-0.1, -0.05) is 23.5 Å². The number of nitrogens with zero attached hydrogens (tertiary/aromatic N) is 2. The second-order valence-corrected chi connectivity index (χ2v) is 4.79. The smallest absolute Gasteiger partial charge is 0.324 e. The number of nitrogens with one attached hydrogen (secondary N) is 1. The average Bonchev–Trinajstić information content (AvgIpc) is 2.82. The van der Waals surface area contributed by atoms with Crippen molar-refractivity contribution >= 4 is 28.5 Å². The predicted molar refractivity (Wildman–Crippen MR) is 73.6 cm³/mol. The van der Waals surface area contributed by atoms with Crippen LogP contribution in [0.4, 0.5) is 5.00 Å². The van der Waals surface area contributed by atoms with Gasteiger partial charge < -0.3 is 5.32 Å². The van der Waals surface area contributed by atoms with Crippen LogP contribution in [-0.2, 0) is 0 Å². The number of carbonyl (C=O) groups is 1. The van der Waals surface area contributed by atoms with Crippen LogP contribution in [0.3, 0.4) is 0 Å². The van der Waals surface area contributed by atoms with E-state index in [2.05, 4.69) is 10.3 Å². The van der Waals surface area contributed by atoms with Gasteiger partial charge in [-0.05, 0) is 12.1 Å². The zero-order chi connectivity index (χ0) is 13.7. The molecule has 1 atom stereocenters. The minimum atomic E-state index is -0.508. The van der Waals surface area contributed by atoms with Crippen molar-refractivity contribution in [3.05, 3.63) is 51.6 Å². The summed E-state index contributed by atoms with van der Waals surface area (Å²) in [7, 11) is 0. The maximum atomic E-state index is 11.9. The third kappa shape index (κ3) is 3.59. The topological polar surface area (TPSA) is 84.6 Å². The summed E-state index contributed by atoms with van der Waals surface area (Å²) in [5, 5.41) is 13.3. The van der Waals surface area contributed by atoms with E-state index in [9.17, 15) is 14.9 Å². The van der Waals surface area contributed by atoms with Crippen molar-refractivity contribution in [3.8, 4) is 0 Å². The van der Waals surface area contributed by atoms with Crippen LogP contribution in [0.2, 0.25) is 0 Å². The Bertz CT molecular complexity index is 575. The van der Waals surface area contributed by atoms with E-state index in [1.54, 1.807) is 18.5 Å². The molecule has 0 fully saturated rings. The molecule has 1 aliphatic rings. The van der Waals surface area contributed by atoms with Crippen molar-refractivity contribution in [3.63, 3.8) is 0 Å². The lowest BCUT2D eigenvalue weighted by Gasteiger charge is -2.10. The lowest BCUT2D eigenvalue weighted by atomic mass is 10.2. The molecule has 6 nitrogen and oxygen atoms in total. The second kappa shape index (κ2) is 6.05. The van der Waals surface area contributed by atoms with Crippen LogP contribution >= 0.6 is 11.3 Å². The van der Waals surface area contributed by atoms with Crippen LogP contribution in [0, 0.1) is 10.1 Å². The molecular weight excluding hydrogens is 266 g/mol. The third-order valence-corrected chi connectivity index (χ3v) is 3.40. The fourth-order valence-corrected chi connectivity index (χ4v) is 2.20. The van der Waals surface area contributed by atoms with Crippen LogP contribution in [0.1, 0.15) is 16.1 Å². The molecule has 7 heteroatoms. The van der Waals surface area contributed by atoms with E-state index in [0.29, 0.717) is 11.3 Å². The molecule has 0 aliphatic carbocycles. The van der Waals surface area contributed by atoms with Gasteiger partial charge in [-0.15, -0.1) is 0 Å². The Balaban J connectivity index is 2.05. The number of thiophene rings is 1. The fraction of sp³-hybridized carbons (Fsp3) is 0.167. The molecule has 1 aromatic rings. The molecule has 1 aromatic heterocycles. The first kappa shape index (κ1) is 13.2. The van der Waals surface area contributed by atoms with Crippen molar-refractivity contribution in [2.75, 3.05) is 0 Å². The highest BCUT2D eigenvalue weighted by Gasteiger charge is 2.16. The van der Waals surface area contributed by atoms with Crippen molar-refractivity contribution in [2.24, 2.45) is 4.99 Å². The monoisotopic (exact) mass is 277 g/mol. The number of rotatable bonds is 3. The zero-order valence-corrected chi connectivity index (χ0v) is 10.7. The first-order valence-corrected chi connectivity index (χ1v) is 6.38. The lowest BCUT2D eigenvalue weighted by Crippen LogP contribution is -2.31. The normalized spacial score (nSPS) is 19.5. The second-order valence-electron chi connectivity index (χ2n) is 3.73. The minimum absolute atomic E-state index is 0.0431. The molecule has 2 heterocycles. The summed E-state index contributed by atoms with van der Waals surface area (Å²) >= 11 is 0.858. The van der Waals surface area contributed by atoms with Gasteiger partial charge in [0, 0.05) is 24.9 Å². The highest BCUT2D eigenvalue weighted by Crippen LogP contribution is 2.23. The maximum Gasteiger partial charge on any atom is 0.324 e. The molecule has 0 saturated heterocycles. The summed E-state index contributed by atoms with van der Waals surface area (Å²) in [5.74, 6) is -0.332. The van der Waals surface area contributed by atoms with Crippen LogP contribution in [0.5, 0.6) is 0 Å². The van der Waals surface area contributed by atoms with Gasteiger partial charge in [0.1, 0.15) is 0 Å². The summed E-state index contributed by atoms with van der Waals surface area (Å²) < 4.78 is 0. The van der Waals surface area contributed by atoms with Crippen LogP contribution in [0.15, 0.2) is 41.6 Å². The molecule has 2 rings (SSSR count). The van der Waals surface area contributed by atoms with E-state index in [1.807, 2.05) is 12.2 Å². The van der Waals surface area contributed by atoms with Gasteiger partial charge >= 0.3 is 5.00 Å². The molecule has 1 amide bonds. The van der Waals surface area contributed by atoms with E-state index in [4.69, 9.17) is 0 Å². The largest absolute Gasteiger partial charge is 0.342 e. The summed E-state index contributed by atoms with van der Waals surface area (Å²) in [6, 6.07) is 2.52. The summed E-state index contributed by atoms with van der Waals surface area (Å²) in [5.41, 5.74) is 0. The summed E-state index contributed by atoms with van der Waals surface area (Å²) in [6.45, 7) is 0. The molecule has 0 bridgehead atoms. The van der Waals surface area contributed by atoms with Crippen molar-refractivity contribution in [1.29, 1.82) is 0 Å². The highest BCUT2D eigenvalue weighted by molar-refractivity contribution is 7.17. The van der Waals surface area contributed by atoms with Crippen molar-refractivity contribution in [2.45, 2.75) is 12.5 Å².